The molecule has 0 aliphatic carbocycles. The molecule has 0 saturated heterocycles. The van der Waals surface area contributed by atoms with E-state index >= 15 is 0 Å². The third-order valence-corrected chi connectivity index (χ3v) is 2.69. The molecule has 4 heteroatoms. The quantitative estimate of drug-likeness (QED) is 0.659. The van der Waals surface area contributed by atoms with Crippen LogP contribution in [0.15, 0.2) is 11.4 Å². The highest BCUT2D eigenvalue weighted by molar-refractivity contribution is 7.16. The molecule has 2 nitrogen and oxygen atoms in total. The summed E-state index contributed by atoms with van der Waals surface area (Å²) in [6, 6.07) is 2.04. The van der Waals surface area contributed by atoms with Crippen LogP contribution in [0.3, 0.4) is 0 Å². The van der Waals surface area contributed by atoms with E-state index in [1.54, 1.807) is 11.3 Å². The maximum atomic E-state index is 5.74. The summed E-state index contributed by atoms with van der Waals surface area (Å²) in [7, 11) is 0. The summed E-state index contributed by atoms with van der Waals surface area (Å²) in [4.78, 5) is 9.25. The van der Waals surface area contributed by atoms with E-state index in [-0.39, 0.29) is 0 Å². The van der Waals surface area contributed by atoms with Crippen LogP contribution >= 0.6 is 22.9 Å². The van der Waals surface area contributed by atoms with Crippen molar-refractivity contribution in [3.05, 3.63) is 22.4 Å². The van der Waals surface area contributed by atoms with E-state index in [4.69, 9.17) is 11.6 Å². The summed E-state index contributed by atoms with van der Waals surface area (Å²) in [6.07, 6.45) is 0.898. The van der Waals surface area contributed by atoms with Gasteiger partial charge in [0.05, 0.1) is 5.69 Å². The first-order chi connectivity index (χ1) is 5.81. The Morgan fingerprint density at radius 2 is 2.33 bits per heavy atom. The Balaban J connectivity index is 2.80. The number of fused-ring (bicyclic) bond motifs is 1. The van der Waals surface area contributed by atoms with Gasteiger partial charge in [-0.05, 0) is 29.5 Å². The van der Waals surface area contributed by atoms with Gasteiger partial charge in [0.25, 0.3) is 0 Å². The monoisotopic (exact) mass is 198 g/mol. The average molecular weight is 199 g/mol. The average Bonchev–Trinajstić information content (AvgIpc) is 2.50. The van der Waals surface area contributed by atoms with Crippen molar-refractivity contribution in [1.82, 2.24) is 9.97 Å². The molecule has 0 saturated carbocycles. The van der Waals surface area contributed by atoms with E-state index in [1.807, 2.05) is 11.4 Å². The van der Waals surface area contributed by atoms with Crippen LogP contribution in [-0.2, 0) is 6.42 Å². The van der Waals surface area contributed by atoms with Crippen molar-refractivity contribution >= 4 is 33.2 Å². The lowest BCUT2D eigenvalue weighted by Gasteiger charge is -1.97. The zero-order valence-corrected chi connectivity index (χ0v) is 8.11. The van der Waals surface area contributed by atoms with Gasteiger partial charge in [-0.15, -0.1) is 11.3 Å². The van der Waals surface area contributed by atoms with Crippen LogP contribution in [0.1, 0.15) is 12.6 Å². The van der Waals surface area contributed by atoms with Crippen molar-refractivity contribution in [2.75, 3.05) is 0 Å². The van der Waals surface area contributed by atoms with Crippen LogP contribution in [0.2, 0.25) is 5.28 Å². The summed E-state index contributed by atoms with van der Waals surface area (Å²) >= 11 is 7.34. The largest absolute Gasteiger partial charge is 0.223 e. The van der Waals surface area contributed by atoms with Crippen LogP contribution in [0.25, 0.3) is 10.2 Å². The first kappa shape index (κ1) is 7.95. The molecule has 2 heterocycles. The second-order valence-electron chi connectivity index (χ2n) is 2.43. The van der Waals surface area contributed by atoms with E-state index in [0.717, 1.165) is 22.3 Å². The van der Waals surface area contributed by atoms with Gasteiger partial charge in [-0.2, -0.15) is 0 Å². The fourth-order valence-corrected chi connectivity index (χ4v) is 2.18. The zero-order valence-electron chi connectivity index (χ0n) is 6.54. The van der Waals surface area contributed by atoms with E-state index in [1.165, 1.54) is 0 Å². The molecule has 2 rings (SSSR count). The smallest absolute Gasteiger partial charge is 0.222 e. The van der Waals surface area contributed by atoms with Gasteiger partial charge in [-0.1, -0.05) is 6.92 Å². The highest BCUT2D eigenvalue weighted by Gasteiger charge is 2.04. The molecule has 0 aliphatic rings. The van der Waals surface area contributed by atoms with Gasteiger partial charge in [-0.3, -0.25) is 0 Å². The Labute approximate surface area is 79.2 Å². The van der Waals surface area contributed by atoms with Gasteiger partial charge in [0.15, 0.2) is 0 Å². The van der Waals surface area contributed by atoms with Crippen molar-refractivity contribution in [3.63, 3.8) is 0 Å². The van der Waals surface area contributed by atoms with Crippen molar-refractivity contribution in [2.24, 2.45) is 0 Å². The topological polar surface area (TPSA) is 25.8 Å². The van der Waals surface area contributed by atoms with E-state index in [0.29, 0.717) is 5.28 Å². The van der Waals surface area contributed by atoms with E-state index < -0.39 is 0 Å². The van der Waals surface area contributed by atoms with Gasteiger partial charge < -0.3 is 0 Å². The molecule has 0 radical (unpaired) electrons. The number of halogens is 1. The van der Waals surface area contributed by atoms with E-state index in [2.05, 4.69) is 16.9 Å². The van der Waals surface area contributed by atoms with Gasteiger partial charge in [0.2, 0.25) is 5.28 Å². The first-order valence-electron chi connectivity index (χ1n) is 3.71. The number of rotatable bonds is 1. The Morgan fingerprint density at radius 3 is 3.08 bits per heavy atom. The zero-order chi connectivity index (χ0) is 8.55. The number of aryl methyl sites for hydroxylation is 1. The molecule has 0 spiro atoms. The van der Waals surface area contributed by atoms with Gasteiger partial charge in [-0.25, -0.2) is 9.97 Å². The highest BCUT2D eigenvalue weighted by atomic mass is 35.5. The SMILES string of the molecule is CCc1nc(Cl)nc2sccc12. The number of hydrogen-bond acceptors (Lipinski definition) is 3. The molecule has 62 valence electrons. The van der Waals surface area contributed by atoms with E-state index in [9.17, 15) is 0 Å². The van der Waals surface area contributed by atoms with Crippen molar-refractivity contribution in [2.45, 2.75) is 13.3 Å². The Kier molecular flexibility index (Phi) is 1.98. The third kappa shape index (κ3) is 1.19. The predicted molar refractivity (Wildman–Crippen MR) is 51.8 cm³/mol. The maximum absolute atomic E-state index is 5.74. The molecule has 12 heavy (non-hydrogen) atoms. The van der Waals surface area contributed by atoms with Crippen LogP contribution in [0.5, 0.6) is 0 Å². The van der Waals surface area contributed by atoms with Crippen molar-refractivity contribution in [3.8, 4) is 0 Å². The molecule has 2 aromatic heterocycles. The standard InChI is InChI=1S/C8H7ClN2S/c1-2-6-5-3-4-12-7(5)11-8(9)10-6/h3-4H,2H2,1H3. The molecule has 0 amide bonds. The molecule has 0 unspecified atom stereocenters. The molecule has 0 N–H and O–H groups in total. The highest BCUT2D eigenvalue weighted by Crippen LogP contribution is 2.22. The Hall–Kier alpha value is -0.670. The van der Waals surface area contributed by atoms with Gasteiger partial charge >= 0.3 is 0 Å². The van der Waals surface area contributed by atoms with Gasteiger partial charge in [0.1, 0.15) is 4.83 Å². The minimum Gasteiger partial charge on any atom is -0.222 e. The minimum absolute atomic E-state index is 0.349. The van der Waals surface area contributed by atoms with Gasteiger partial charge in [0, 0.05) is 5.39 Å². The molecular weight excluding hydrogens is 192 g/mol. The molecule has 0 aliphatic heterocycles. The molecule has 0 fully saturated rings. The first-order valence-corrected chi connectivity index (χ1v) is 4.96. The van der Waals surface area contributed by atoms with Crippen molar-refractivity contribution < 1.29 is 0 Å². The fourth-order valence-electron chi connectivity index (χ4n) is 1.16. The molecule has 0 bridgehead atoms. The lowest BCUT2D eigenvalue weighted by atomic mass is 10.2. The van der Waals surface area contributed by atoms with Crippen LogP contribution in [0, 0.1) is 0 Å². The molecule has 2 aromatic rings. The summed E-state index contributed by atoms with van der Waals surface area (Å²) in [5, 5.41) is 3.49. The van der Waals surface area contributed by atoms with Crippen LogP contribution in [0.4, 0.5) is 0 Å². The maximum Gasteiger partial charge on any atom is 0.223 e. The van der Waals surface area contributed by atoms with Crippen LogP contribution in [-0.4, -0.2) is 9.97 Å². The molecule has 0 aromatic carbocycles. The molecule has 0 atom stereocenters. The summed E-state index contributed by atoms with van der Waals surface area (Å²) < 4.78 is 0. The Bertz CT molecular complexity index is 410. The van der Waals surface area contributed by atoms with Crippen molar-refractivity contribution in [1.29, 1.82) is 0 Å². The predicted octanol–water partition coefficient (Wildman–Crippen LogP) is 2.91. The summed E-state index contributed by atoms with van der Waals surface area (Å²) in [6.45, 7) is 2.07. The second kappa shape index (κ2) is 2.99. The Morgan fingerprint density at radius 1 is 1.50 bits per heavy atom. The number of aromatic nitrogens is 2. The normalized spacial score (nSPS) is 10.8. The number of hydrogen-bond donors (Lipinski definition) is 0. The second-order valence-corrected chi connectivity index (χ2v) is 3.66. The summed E-state index contributed by atoms with van der Waals surface area (Å²) in [5.74, 6) is 0. The lowest BCUT2D eigenvalue weighted by molar-refractivity contribution is 1.03. The molecular formula is C8H7ClN2S. The lowest BCUT2D eigenvalue weighted by Crippen LogP contribution is -1.90. The summed E-state index contributed by atoms with van der Waals surface area (Å²) in [5.41, 5.74) is 1.03. The third-order valence-electron chi connectivity index (χ3n) is 1.71. The number of thiophene rings is 1. The minimum atomic E-state index is 0.349. The van der Waals surface area contributed by atoms with Crippen LogP contribution < -0.4 is 0 Å². The fraction of sp³-hybridized carbons (Fsp3) is 0.250. The number of nitrogens with zero attached hydrogens (tertiary/aromatic N) is 2.